The Labute approximate surface area is 219 Å². The molecule has 0 spiro atoms. The second kappa shape index (κ2) is 9.31. The van der Waals surface area contributed by atoms with Crippen LogP contribution in [0, 0.1) is 28.6 Å². The fraction of sp³-hybridized carbons (Fsp3) is 0.714. The highest BCUT2D eigenvalue weighted by molar-refractivity contribution is 6.04. The third-order valence-corrected chi connectivity index (χ3v) is 9.88. The number of carbonyl (C=O) groups is 4. The molecule has 38 heavy (non-hydrogen) atoms. The summed E-state index contributed by atoms with van der Waals surface area (Å²) < 4.78 is 58.9. The van der Waals surface area contributed by atoms with Crippen LogP contribution in [0.5, 0.6) is 0 Å². The Bertz CT molecular complexity index is 1130. The van der Waals surface area contributed by atoms with Crippen molar-refractivity contribution in [2.24, 2.45) is 28.6 Å². The molecule has 0 bridgehead atoms. The standard InChI is InChI=1S/C28H35F3O7/c1-6-21(35)37-13-20(34)28(38-22(36)7-2)14(3)10-15-16-11-17(29)23-24(30)18(32)8-9-25(23,4)27(16,31)19(33)12-26(15,28)5/h8-9,14-17,19,33H,6-7,10-13H2,1-5H3/t14-,15-,16-,17-,19-,25-,26-,27-,28+/m0/s1. The number of alkyl halides is 2. The molecule has 1 N–H and O–H groups in total. The van der Waals surface area contributed by atoms with Crippen LogP contribution in [0.3, 0.4) is 0 Å². The first-order valence-corrected chi connectivity index (χ1v) is 13.2. The smallest absolute Gasteiger partial charge is 0.306 e. The molecule has 0 aromatic carbocycles. The van der Waals surface area contributed by atoms with E-state index < -0.39 is 100 Å². The number of allylic oxidation sites excluding steroid dienone is 4. The van der Waals surface area contributed by atoms with Crippen molar-refractivity contribution >= 4 is 23.5 Å². The van der Waals surface area contributed by atoms with E-state index in [4.69, 9.17) is 9.47 Å². The van der Waals surface area contributed by atoms with E-state index in [1.54, 1.807) is 27.7 Å². The average molecular weight is 541 g/mol. The summed E-state index contributed by atoms with van der Waals surface area (Å²) >= 11 is 0. The molecule has 10 heteroatoms. The maximum Gasteiger partial charge on any atom is 0.306 e. The molecule has 7 nitrogen and oxygen atoms in total. The molecule has 4 aliphatic rings. The largest absolute Gasteiger partial charge is 0.457 e. The first-order chi connectivity index (χ1) is 17.6. The molecular formula is C28H35F3O7. The number of aliphatic hydroxyl groups excluding tert-OH is 1. The second-order valence-electron chi connectivity index (χ2n) is 11.6. The molecule has 210 valence electrons. The Morgan fingerprint density at radius 1 is 1.11 bits per heavy atom. The number of hydrogen-bond donors (Lipinski definition) is 1. The van der Waals surface area contributed by atoms with Crippen molar-refractivity contribution in [2.45, 2.75) is 90.3 Å². The first-order valence-electron chi connectivity index (χ1n) is 13.2. The van der Waals surface area contributed by atoms with E-state index in [0.29, 0.717) is 0 Å². The van der Waals surface area contributed by atoms with Gasteiger partial charge < -0.3 is 14.6 Å². The van der Waals surface area contributed by atoms with Crippen molar-refractivity contribution < 1.29 is 46.9 Å². The van der Waals surface area contributed by atoms with Gasteiger partial charge in [0.25, 0.3) is 0 Å². The lowest BCUT2D eigenvalue weighted by Crippen LogP contribution is -2.71. The highest BCUT2D eigenvalue weighted by Gasteiger charge is 2.78. The Morgan fingerprint density at radius 2 is 1.74 bits per heavy atom. The van der Waals surface area contributed by atoms with Gasteiger partial charge in [-0.3, -0.25) is 19.2 Å². The van der Waals surface area contributed by atoms with E-state index in [1.807, 2.05) is 0 Å². The number of hydrogen-bond acceptors (Lipinski definition) is 7. The molecular weight excluding hydrogens is 505 g/mol. The molecule has 3 saturated carbocycles. The van der Waals surface area contributed by atoms with Crippen LogP contribution in [0.25, 0.3) is 0 Å². The molecule has 4 rings (SSSR count). The molecule has 9 atom stereocenters. The lowest BCUT2D eigenvalue weighted by Gasteiger charge is -2.63. The summed E-state index contributed by atoms with van der Waals surface area (Å²) in [4.78, 5) is 50.2. The number of fused-ring (bicyclic) bond motifs is 5. The minimum Gasteiger partial charge on any atom is -0.457 e. The predicted molar refractivity (Wildman–Crippen MR) is 129 cm³/mol. The quantitative estimate of drug-likeness (QED) is 0.507. The van der Waals surface area contributed by atoms with Gasteiger partial charge in [-0.2, -0.15) is 0 Å². The summed E-state index contributed by atoms with van der Waals surface area (Å²) in [5.74, 6) is -7.05. The zero-order valence-electron chi connectivity index (χ0n) is 22.3. The number of aliphatic hydroxyl groups is 1. The Morgan fingerprint density at radius 3 is 2.34 bits per heavy atom. The lowest BCUT2D eigenvalue weighted by atomic mass is 9.44. The number of carbonyl (C=O) groups excluding carboxylic acids is 4. The number of halogens is 3. The van der Waals surface area contributed by atoms with E-state index in [-0.39, 0.29) is 25.7 Å². The van der Waals surface area contributed by atoms with Gasteiger partial charge in [-0.25, -0.2) is 13.2 Å². The van der Waals surface area contributed by atoms with Crippen molar-refractivity contribution in [3.63, 3.8) is 0 Å². The van der Waals surface area contributed by atoms with Crippen molar-refractivity contribution in [3.8, 4) is 0 Å². The minimum absolute atomic E-state index is 0.0224. The Balaban J connectivity index is 1.85. The molecule has 0 saturated heterocycles. The number of ketones is 2. The first kappa shape index (κ1) is 28.5. The van der Waals surface area contributed by atoms with Crippen LogP contribution in [-0.4, -0.2) is 58.8 Å². The molecule has 0 heterocycles. The third-order valence-electron chi connectivity index (χ3n) is 9.88. The van der Waals surface area contributed by atoms with Gasteiger partial charge in [-0.15, -0.1) is 0 Å². The molecule has 0 amide bonds. The summed E-state index contributed by atoms with van der Waals surface area (Å²) in [5, 5.41) is 11.5. The fourth-order valence-electron chi connectivity index (χ4n) is 8.09. The molecule has 0 unspecified atom stereocenters. The monoisotopic (exact) mass is 540 g/mol. The molecule has 0 radical (unpaired) electrons. The maximum atomic E-state index is 17.4. The minimum atomic E-state index is -2.56. The topological polar surface area (TPSA) is 107 Å². The van der Waals surface area contributed by atoms with E-state index in [9.17, 15) is 28.7 Å². The van der Waals surface area contributed by atoms with Crippen LogP contribution in [0.2, 0.25) is 0 Å². The van der Waals surface area contributed by atoms with Gasteiger partial charge in [0.2, 0.25) is 11.6 Å². The average Bonchev–Trinajstić information content (AvgIpc) is 3.08. The van der Waals surface area contributed by atoms with Gasteiger partial charge in [0, 0.05) is 41.1 Å². The molecule has 4 aliphatic carbocycles. The number of ether oxygens (including phenoxy) is 2. The summed E-state index contributed by atoms with van der Waals surface area (Å²) in [5.41, 5.74) is -8.33. The van der Waals surface area contributed by atoms with E-state index in [0.717, 1.165) is 12.2 Å². The number of Topliss-reactive ketones (excluding diaryl/α,β-unsaturated/α-hetero) is 1. The highest BCUT2D eigenvalue weighted by Crippen LogP contribution is 2.72. The maximum absolute atomic E-state index is 17.4. The summed E-state index contributed by atoms with van der Waals surface area (Å²) in [7, 11) is 0. The fourth-order valence-corrected chi connectivity index (χ4v) is 8.09. The van der Waals surface area contributed by atoms with Gasteiger partial charge in [-0.05, 0) is 38.2 Å². The van der Waals surface area contributed by atoms with Crippen LogP contribution in [0.4, 0.5) is 13.2 Å². The van der Waals surface area contributed by atoms with Crippen LogP contribution in [-0.2, 0) is 28.7 Å². The third kappa shape index (κ3) is 3.51. The molecule has 3 fully saturated rings. The predicted octanol–water partition coefficient (Wildman–Crippen LogP) is 4.06. The SMILES string of the molecule is CCC(=O)OCC(=O)[C@]1(OC(=O)CC)[C@@H](C)C[C@H]2[C@@H]3C[C@H](F)C4=C(F)C(=O)C=C[C@]4(C)[C@@]3(F)[C@@H](O)C[C@@]21C. The van der Waals surface area contributed by atoms with E-state index in [2.05, 4.69) is 0 Å². The van der Waals surface area contributed by atoms with Crippen molar-refractivity contribution in [1.82, 2.24) is 0 Å². The summed E-state index contributed by atoms with van der Waals surface area (Å²) in [6.45, 7) is 7.00. The van der Waals surface area contributed by atoms with Gasteiger partial charge in [0.15, 0.2) is 23.7 Å². The van der Waals surface area contributed by atoms with E-state index >= 15 is 8.78 Å². The second-order valence-corrected chi connectivity index (χ2v) is 11.6. The van der Waals surface area contributed by atoms with Crippen LogP contribution in [0.1, 0.15) is 66.7 Å². The zero-order chi connectivity index (χ0) is 28.4. The molecule has 0 aromatic rings. The Kier molecular flexibility index (Phi) is 6.99. The zero-order valence-corrected chi connectivity index (χ0v) is 22.3. The van der Waals surface area contributed by atoms with Gasteiger partial charge in [0.05, 0.1) is 6.10 Å². The molecule has 0 aromatic heterocycles. The Hall–Kier alpha value is -2.49. The van der Waals surface area contributed by atoms with Crippen LogP contribution < -0.4 is 0 Å². The van der Waals surface area contributed by atoms with Gasteiger partial charge >= 0.3 is 11.9 Å². The molecule has 0 aliphatic heterocycles. The van der Waals surface area contributed by atoms with Gasteiger partial charge in [-0.1, -0.05) is 33.8 Å². The van der Waals surface area contributed by atoms with Crippen molar-refractivity contribution in [1.29, 1.82) is 0 Å². The van der Waals surface area contributed by atoms with Crippen molar-refractivity contribution in [2.75, 3.05) is 6.61 Å². The number of esters is 2. The number of rotatable bonds is 6. The normalized spacial score (nSPS) is 43.7. The summed E-state index contributed by atoms with van der Waals surface area (Å²) in [6, 6.07) is 0. The van der Waals surface area contributed by atoms with Crippen LogP contribution >= 0.6 is 0 Å². The lowest BCUT2D eigenvalue weighted by molar-refractivity contribution is -0.232. The van der Waals surface area contributed by atoms with Gasteiger partial charge in [0.1, 0.15) is 6.17 Å². The summed E-state index contributed by atoms with van der Waals surface area (Å²) in [6.07, 6.45) is -2.58. The van der Waals surface area contributed by atoms with Crippen LogP contribution in [0.15, 0.2) is 23.6 Å². The van der Waals surface area contributed by atoms with E-state index in [1.165, 1.54) is 6.92 Å². The highest BCUT2D eigenvalue weighted by atomic mass is 19.2. The van der Waals surface area contributed by atoms with Crippen molar-refractivity contribution in [3.05, 3.63) is 23.6 Å².